The number of nitrogens with zero attached hydrogens (tertiary/aromatic N) is 1. The van der Waals surface area contributed by atoms with Crippen molar-refractivity contribution in [1.82, 2.24) is 0 Å². The fourth-order valence-corrected chi connectivity index (χ4v) is 24.2. The second-order valence-electron chi connectivity index (χ2n) is 35.4. The van der Waals surface area contributed by atoms with Crippen LogP contribution >= 0.6 is 0 Å². The van der Waals surface area contributed by atoms with Gasteiger partial charge in [-0.1, -0.05) is 338 Å². The lowest BCUT2D eigenvalue weighted by Gasteiger charge is -2.40. The molecule has 0 N–H and O–H groups in total. The topological polar surface area (TPSA) is 29.5 Å². The zero-order chi connectivity index (χ0) is 77.3. The second kappa shape index (κ2) is 28.6. The minimum atomic E-state index is -0.690. The lowest BCUT2D eigenvalue weighted by molar-refractivity contribution is 0.369. The van der Waals surface area contributed by atoms with Crippen LogP contribution in [0, 0.1) is 13.8 Å². The van der Waals surface area contributed by atoms with Crippen LogP contribution in [-0.4, -0.2) is 0 Å². The Morgan fingerprint density at radius 3 is 1.18 bits per heavy atom. The standard InChI is InChI=1S/C112H107NO2/c1-7-11-15-19-37-61-109(62-38-20-16-12-8-2)88-48-30-27-45-82(88)105-107(109)106-103(104-85-47-29-36-54-99(85)115-108(104)105)83-58-56-74(68-94(83)110(106,63-39-21-17-13-9-3)64-40-22-18-14-10-4)113(76-66-72(5)65-73(6)67-76)75-55-57-81-86-70-97-87(71-96(86)112(95(81)69-75)91-51-33-25-43-79(91)80-44-26-34-52-92(80)112)101-93(59-60-100-102(101)84-46-28-35-53-98(84)114-100)111(97)89-49-31-23-41-77(89)78-42-24-32-50-90(78)111/h23-36,41-60,65-71H,7-22,37-40,61-64H2,1-6H3. The van der Waals surface area contributed by atoms with Crippen molar-refractivity contribution in [1.29, 1.82) is 0 Å². The summed E-state index contributed by atoms with van der Waals surface area (Å²) < 4.78 is 14.6. The first kappa shape index (κ1) is 72.0. The van der Waals surface area contributed by atoms with Gasteiger partial charge < -0.3 is 13.7 Å². The Balaban J connectivity index is 0.831. The molecule has 0 atom stereocenters. The highest BCUT2D eigenvalue weighted by molar-refractivity contribution is 6.22. The van der Waals surface area contributed by atoms with Crippen LogP contribution in [0.5, 0.6) is 0 Å². The average molecular weight is 1500 g/mol. The molecule has 2 spiro atoms. The second-order valence-corrected chi connectivity index (χ2v) is 35.4. The Bertz CT molecular complexity index is 6240. The molecule has 0 saturated carbocycles. The van der Waals surface area contributed by atoms with Crippen LogP contribution in [0.2, 0.25) is 0 Å². The molecule has 0 unspecified atom stereocenters. The molecule has 572 valence electrons. The Hall–Kier alpha value is -10.7. The highest BCUT2D eigenvalue weighted by Crippen LogP contribution is 2.72. The van der Waals surface area contributed by atoms with Gasteiger partial charge in [0.25, 0.3) is 0 Å². The largest absolute Gasteiger partial charge is 0.456 e. The van der Waals surface area contributed by atoms with Crippen LogP contribution in [0.15, 0.2) is 258 Å². The normalized spacial score (nSPS) is 14.9. The SMILES string of the molecule is CCCCCCCC1(CCCCCCC)c2ccccc2-c2c1c1c(c3c2oc2ccccc23)-c2ccc(N(c3cc(C)cc(C)c3)c3ccc4c(c3)C3(c5ccccc5-c5ccccc53)c3cc5c(cc3-4)C3(c4ccccc4-c4ccccc43)c3ccc4oc6ccccc6c4c3-5)cc2C1(CCCCCCC)CCCCCCC. The van der Waals surface area contributed by atoms with Crippen molar-refractivity contribution >= 4 is 60.9 Å². The first-order chi connectivity index (χ1) is 56.7. The highest BCUT2D eigenvalue weighted by atomic mass is 16.3. The van der Waals surface area contributed by atoms with E-state index in [2.05, 4.69) is 295 Å². The molecule has 115 heavy (non-hydrogen) atoms. The molecule has 0 saturated heterocycles. The fourth-order valence-electron chi connectivity index (χ4n) is 24.2. The Morgan fingerprint density at radius 1 is 0.252 bits per heavy atom. The third-order valence-corrected chi connectivity index (χ3v) is 28.9. The first-order valence-corrected chi connectivity index (χ1v) is 44.5. The van der Waals surface area contributed by atoms with Gasteiger partial charge in [-0.05, 0) is 245 Å². The third-order valence-electron chi connectivity index (χ3n) is 28.9. The molecule has 15 aromatic rings. The van der Waals surface area contributed by atoms with E-state index in [1.54, 1.807) is 16.7 Å². The number of hydrogen-bond donors (Lipinski definition) is 0. The van der Waals surface area contributed by atoms with Crippen molar-refractivity contribution in [2.45, 2.75) is 217 Å². The molecule has 13 aromatic carbocycles. The van der Waals surface area contributed by atoms with Gasteiger partial charge in [0.1, 0.15) is 22.3 Å². The molecule has 21 rings (SSSR count). The van der Waals surface area contributed by atoms with Gasteiger partial charge in [0.15, 0.2) is 0 Å². The molecule has 0 radical (unpaired) electrons. The molecule has 0 amide bonds. The summed E-state index contributed by atoms with van der Waals surface area (Å²) in [6.45, 7) is 14.1. The van der Waals surface area contributed by atoms with E-state index in [0.29, 0.717) is 0 Å². The van der Waals surface area contributed by atoms with Crippen molar-refractivity contribution in [3.63, 3.8) is 0 Å². The smallest absolute Gasteiger partial charge is 0.144 e. The van der Waals surface area contributed by atoms with Crippen LogP contribution < -0.4 is 4.90 Å². The maximum Gasteiger partial charge on any atom is 0.144 e. The van der Waals surface area contributed by atoms with Gasteiger partial charge >= 0.3 is 0 Å². The van der Waals surface area contributed by atoms with Crippen LogP contribution in [0.4, 0.5) is 17.1 Å². The molecule has 2 heterocycles. The number of rotatable bonds is 27. The number of furan rings is 2. The van der Waals surface area contributed by atoms with Crippen LogP contribution in [0.1, 0.15) is 260 Å². The van der Waals surface area contributed by atoms with E-state index in [1.165, 1.54) is 290 Å². The van der Waals surface area contributed by atoms with Crippen LogP contribution in [0.3, 0.4) is 0 Å². The van der Waals surface area contributed by atoms with E-state index in [9.17, 15) is 0 Å². The summed E-state index contributed by atoms with van der Waals surface area (Å²) in [6.07, 6.45) is 29.5. The number of para-hydroxylation sites is 2. The maximum absolute atomic E-state index is 7.67. The zero-order valence-electron chi connectivity index (χ0n) is 68.4. The van der Waals surface area contributed by atoms with E-state index in [4.69, 9.17) is 8.83 Å². The predicted octanol–water partition coefficient (Wildman–Crippen LogP) is 32.2. The minimum absolute atomic E-state index is 0.182. The summed E-state index contributed by atoms with van der Waals surface area (Å²) in [5.41, 5.74) is 41.4. The van der Waals surface area contributed by atoms with Crippen molar-refractivity contribution in [2.75, 3.05) is 4.90 Å². The van der Waals surface area contributed by atoms with Gasteiger partial charge in [-0.15, -0.1) is 0 Å². The van der Waals surface area contributed by atoms with Crippen LogP contribution in [0.25, 0.3) is 111 Å². The molecule has 6 aliphatic carbocycles. The van der Waals surface area contributed by atoms with Gasteiger partial charge in [-0.3, -0.25) is 0 Å². The summed E-state index contributed by atoms with van der Waals surface area (Å²) >= 11 is 0. The predicted molar refractivity (Wildman–Crippen MR) is 484 cm³/mol. The van der Waals surface area contributed by atoms with E-state index < -0.39 is 10.8 Å². The summed E-state index contributed by atoms with van der Waals surface area (Å²) in [6, 6.07) is 98.4. The van der Waals surface area contributed by atoms with Gasteiger partial charge in [0.05, 0.1) is 10.8 Å². The average Bonchev–Trinajstić information content (AvgIpc) is 1.49. The summed E-state index contributed by atoms with van der Waals surface area (Å²) in [5.74, 6) is 0. The summed E-state index contributed by atoms with van der Waals surface area (Å²) in [4.78, 5) is 2.71. The number of aryl methyl sites for hydroxylation is 2. The van der Waals surface area contributed by atoms with Crippen LogP contribution in [-0.2, 0) is 21.7 Å². The molecule has 0 bridgehead atoms. The number of unbranched alkanes of at least 4 members (excludes halogenated alkanes) is 16. The van der Waals surface area contributed by atoms with Gasteiger partial charge in [-0.2, -0.15) is 0 Å². The number of fused-ring (bicyclic) bond motifs is 36. The molecule has 3 nitrogen and oxygen atoms in total. The lowest BCUT2D eigenvalue weighted by atomic mass is 9.62. The minimum Gasteiger partial charge on any atom is -0.456 e. The quantitative estimate of drug-likeness (QED) is 0.0481. The maximum atomic E-state index is 7.67. The van der Waals surface area contributed by atoms with Crippen molar-refractivity contribution < 1.29 is 8.83 Å². The lowest BCUT2D eigenvalue weighted by Crippen LogP contribution is -2.33. The Labute approximate surface area is 680 Å². The molecule has 6 aliphatic rings. The highest BCUT2D eigenvalue weighted by Gasteiger charge is 2.59. The number of hydrogen-bond acceptors (Lipinski definition) is 3. The fraction of sp³-hybridized carbons (Fsp3) is 0.304. The van der Waals surface area contributed by atoms with Crippen molar-refractivity contribution in [3.05, 3.63) is 327 Å². The van der Waals surface area contributed by atoms with E-state index in [1.807, 2.05) is 0 Å². The molecule has 0 aliphatic heterocycles. The number of benzene rings is 13. The van der Waals surface area contributed by atoms with E-state index in [0.717, 1.165) is 53.4 Å². The molecular weight excluding hydrogens is 1390 g/mol. The van der Waals surface area contributed by atoms with E-state index in [-0.39, 0.29) is 10.8 Å². The summed E-state index contributed by atoms with van der Waals surface area (Å²) in [7, 11) is 0. The van der Waals surface area contributed by atoms with Gasteiger partial charge in [-0.25, -0.2) is 0 Å². The number of anilines is 3. The molecular formula is C112H107NO2. The van der Waals surface area contributed by atoms with E-state index >= 15 is 0 Å². The molecule has 3 heteroatoms. The van der Waals surface area contributed by atoms with Gasteiger partial charge in [0.2, 0.25) is 0 Å². The molecule has 0 fully saturated rings. The van der Waals surface area contributed by atoms with Gasteiger partial charge in [0, 0.05) is 55.0 Å². The third kappa shape index (κ3) is 10.5. The Kier molecular flexibility index (Phi) is 17.9. The van der Waals surface area contributed by atoms with Crippen molar-refractivity contribution in [2.24, 2.45) is 0 Å². The summed E-state index contributed by atoms with van der Waals surface area (Å²) in [5, 5.41) is 4.91. The molecule has 2 aromatic heterocycles. The zero-order valence-corrected chi connectivity index (χ0v) is 68.4. The first-order valence-electron chi connectivity index (χ1n) is 44.5. The van der Waals surface area contributed by atoms with Crippen molar-refractivity contribution in [3.8, 4) is 66.8 Å². The monoisotopic (exact) mass is 1500 g/mol. The Morgan fingerprint density at radius 2 is 0.643 bits per heavy atom.